The summed E-state index contributed by atoms with van der Waals surface area (Å²) in [6.45, 7) is 0. The third-order valence-electron chi connectivity index (χ3n) is 3.32. The predicted molar refractivity (Wildman–Crippen MR) is 72.8 cm³/mol. The molecule has 1 fully saturated rings. The smallest absolute Gasteiger partial charge is 0.135 e. The van der Waals surface area contributed by atoms with Gasteiger partial charge in [0.1, 0.15) is 17.5 Å². The van der Waals surface area contributed by atoms with E-state index in [2.05, 4.69) is 15.3 Å². The molecule has 1 aliphatic rings. The lowest BCUT2D eigenvalue weighted by Gasteiger charge is -2.07. The molecule has 4 heteroatoms. The summed E-state index contributed by atoms with van der Waals surface area (Å²) < 4.78 is 12.9. The SMILES string of the molecule is CNc1cc(C2CC2)nc(Cc2ccc(F)cc2)n1. The van der Waals surface area contributed by atoms with Gasteiger partial charge in [-0.25, -0.2) is 14.4 Å². The van der Waals surface area contributed by atoms with Crippen LogP contribution in [0, 0.1) is 5.82 Å². The minimum Gasteiger partial charge on any atom is -0.373 e. The highest BCUT2D eigenvalue weighted by molar-refractivity contribution is 5.38. The van der Waals surface area contributed by atoms with Gasteiger partial charge in [-0.3, -0.25) is 0 Å². The van der Waals surface area contributed by atoms with Crippen molar-refractivity contribution in [1.29, 1.82) is 0 Å². The Morgan fingerprint density at radius 3 is 2.58 bits per heavy atom. The normalized spacial score (nSPS) is 14.4. The molecule has 1 aromatic carbocycles. The monoisotopic (exact) mass is 257 g/mol. The number of anilines is 1. The van der Waals surface area contributed by atoms with Gasteiger partial charge in [0.15, 0.2) is 0 Å². The van der Waals surface area contributed by atoms with Crippen LogP contribution in [0.25, 0.3) is 0 Å². The molecule has 1 heterocycles. The van der Waals surface area contributed by atoms with Gasteiger partial charge < -0.3 is 5.32 Å². The molecule has 0 bridgehead atoms. The molecule has 0 saturated heterocycles. The minimum absolute atomic E-state index is 0.215. The van der Waals surface area contributed by atoms with E-state index < -0.39 is 0 Å². The fourth-order valence-corrected chi connectivity index (χ4v) is 2.10. The fraction of sp³-hybridized carbons (Fsp3) is 0.333. The van der Waals surface area contributed by atoms with Crippen LogP contribution in [-0.4, -0.2) is 17.0 Å². The number of halogens is 1. The zero-order chi connectivity index (χ0) is 13.2. The zero-order valence-electron chi connectivity index (χ0n) is 10.9. The van der Waals surface area contributed by atoms with Crippen molar-refractivity contribution in [2.45, 2.75) is 25.2 Å². The molecule has 0 unspecified atom stereocenters. The maximum atomic E-state index is 12.9. The molecular weight excluding hydrogens is 241 g/mol. The Kier molecular flexibility index (Phi) is 3.15. The molecule has 98 valence electrons. The molecule has 1 aliphatic carbocycles. The molecule has 19 heavy (non-hydrogen) atoms. The summed E-state index contributed by atoms with van der Waals surface area (Å²) in [5.41, 5.74) is 2.15. The average Bonchev–Trinajstić information content (AvgIpc) is 3.25. The van der Waals surface area contributed by atoms with Crippen LogP contribution >= 0.6 is 0 Å². The van der Waals surface area contributed by atoms with Gasteiger partial charge in [0, 0.05) is 31.1 Å². The molecule has 1 N–H and O–H groups in total. The number of aromatic nitrogens is 2. The first-order valence-corrected chi connectivity index (χ1v) is 6.54. The van der Waals surface area contributed by atoms with E-state index in [1.807, 2.05) is 13.1 Å². The maximum absolute atomic E-state index is 12.9. The van der Waals surface area contributed by atoms with E-state index in [1.54, 1.807) is 12.1 Å². The van der Waals surface area contributed by atoms with Gasteiger partial charge in [0.2, 0.25) is 0 Å². The van der Waals surface area contributed by atoms with Crippen molar-refractivity contribution in [3.8, 4) is 0 Å². The Labute approximate surface area is 111 Å². The molecular formula is C15H16FN3. The highest BCUT2D eigenvalue weighted by atomic mass is 19.1. The first kappa shape index (κ1) is 12.1. The fourth-order valence-electron chi connectivity index (χ4n) is 2.10. The van der Waals surface area contributed by atoms with E-state index in [9.17, 15) is 4.39 Å². The molecule has 0 amide bonds. The van der Waals surface area contributed by atoms with Crippen molar-refractivity contribution in [2.75, 3.05) is 12.4 Å². The topological polar surface area (TPSA) is 37.8 Å². The van der Waals surface area contributed by atoms with Crippen molar-refractivity contribution < 1.29 is 4.39 Å². The number of nitrogens with one attached hydrogen (secondary N) is 1. The lowest BCUT2D eigenvalue weighted by molar-refractivity contribution is 0.627. The Morgan fingerprint density at radius 1 is 1.21 bits per heavy atom. The molecule has 0 spiro atoms. The number of hydrogen-bond acceptors (Lipinski definition) is 3. The van der Waals surface area contributed by atoms with Crippen LogP contribution < -0.4 is 5.32 Å². The van der Waals surface area contributed by atoms with Crippen molar-refractivity contribution >= 4 is 5.82 Å². The molecule has 0 atom stereocenters. The van der Waals surface area contributed by atoms with Crippen molar-refractivity contribution in [2.24, 2.45) is 0 Å². The van der Waals surface area contributed by atoms with Gasteiger partial charge in [-0.2, -0.15) is 0 Å². The standard InChI is InChI=1S/C15H16FN3/c1-17-14-9-13(11-4-5-11)18-15(19-14)8-10-2-6-12(16)7-3-10/h2-3,6-7,9,11H,4-5,8H2,1H3,(H,17,18,19). The highest BCUT2D eigenvalue weighted by Crippen LogP contribution is 2.39. The largest absolute Gasteiger partial charge is 0.373 e. The van der Waals surface area contributed by atoms with Crippen LogP contribution in [0.3, 0.4) is 0 Å². The first-order chi connectivity index (χ1) is 9.24. The third kappa shape index (κ3) is 2.89. The summed E-state index contributed by atoms with van der Waals surface area (Å²) in [6, 6.07) is 8.52. The van der Waals surface area contributed by atoms with Gasteiger partial charge in [-0.15, -0.1) is 0 Å². The van der Waals surface area contributed by atoms with Crippen molar-refractivity contribution in [3.05, 3.63) is 53.2 Å². The number of rotatable bonds is 4. The molecule has 0 radical (unpaired) electrons. The summed E-state index contributed by atoms with van der Waals surface area (Å²) >= 11 is 0. The van der Waals surface area contributed by atoms with Crippen LogP contribution in [0.5, 0.6) is 0 Å². The Bertz CT molecular complexity index is 576. The summed E-state index contributed by atoms with van der Waals surface area (Å²) in [4.78, 5) is 9.08. The zero-order valence-corrected chi connectivity index (χ0v) is 10.9. The van der Waals surface area contributed by atoms with E-state index in [0.29, 0.717) is 12.3 Å². The second kappa shape index (κ2) is 4.96. The number of nitrogens with zero attached hydrogens (tertiary/aromatic N) is 2. The van der Waals surface area contributed by atoms with E-state index in [-0.39, 0.29) is 5.82 Å². The van der Waals surface area contributed by atoms with Gasteiger partial charge >= 0.3 is 0 Å². The Morgan fingerprint density at radius 2 is 1.95 bits per heavy atom. The van der Waals surface area contributed by atoms with Crippen molar-refractivity contribution in [3.63, 3.8) is 0 Å². The second-order valence-electron chi connectivity index (χ2n) is 4.92. The summed E-state index contributed by atoms with van der Waals surface area (Å²) in [5, 5.41) is 3.07. The maximum Gasteiger partial charge on any atom is 0.135 e. The van der Waals surface area contributed by atoms with E-state index in [1.165, 1.54) is 25.0 Å². The van der Waals surface area contributed by atoms with Crippen molar-refractivity contribution in [1.82, 2.24) is 9.97 Å². The Balaban J connectivity index is 1.86. The Hall–Kier alpha value is -1.97. The summed E-state index contributed by atoms with van der Waals surface area (Å²) in [6.07, 6.45) is 3.07. The molecule has 0 aliphatic heterocycles. The van der Waals surface area contributed by atoms with Gasteiger partial charge in [0.05, 0.1) is 0 Å². The van der Waals surface area contributed by atoms with Crippen LogP contribution in [-0.2, 0) is 6.42 Å². The summed E-state index contributed by atoms with van der Waals surface area (Å²) in [7, 11) is 1.86. The average molecular weight is 257 g/mol. The van der Waals surface area contributed by atoms with Crippen LogP contribution in [0.15, 0.2) is 30.3 Å². The highest BCUT2D eigenvalue weighted by Gasteiger charge is 2.26. The lowest BCUT2D eigenvalue weighted by Crippen LogP contribution is -2.04. The first-order valence-electron chi connectivity index (χ1n) is 6.54. The molecule has 1 saturated carbocycles. The summed E-state index contributed by atoms with van der Waals surface area (Å²) in [5.74, 6) is 2.03. The number of hydrogen-bond donors (Lipinski definition) is 1. The van der Waals surface area contributed by atoms with E-state index in [4.69, 9.17) is 0 Å². The van der Waals surface area contributed by atoms with Crippen LogP contribution in [0.2, 0.25) is 0 Å². The third-order valence-corrected chi connectivity index (χ3v) is 3.32. The second-order valence-corrected chi connectivity index (χ2v) is 4.92. The quantitative estimate of drug-likeness (QED) is 0.914. The van der Waals surface area contributed by atoms with Crippen LogP contribution in [0.1, 0.15) is 35.8 Å². The predicted octanol–water partition coefficient (Wildman–Crippen LogP) is 3.13. The molecule has 2 aromatic rings. The van der Waals surface area contributed by atoms with E-state index in [0.717, 1.165) is 22.9 Å². The molecule has 1 aromatic heterocycles. The lowest BCUT2D eigenvalue weighted by atomic mass is 10.1. The van der Waals surface area contributed by atoms with Gasteiger partial charge in [-0.05, 0) is 30.5 Å². The van der Waals surface area contributed by atoms with Gasteiger partial charge in [-0.1, -0.05) is 12.1 Å². The van der Waals surface area contributed by atoms with Gasteiger partial charge in [0.25, 0.3) is 0 Å². The van der Waals surface area contributed by atoms with Crippen LogP contribution in [0.4, 0.5) is 10.2 Å². The number of benzene rings is 1. The van der Waals surface area contributed by atoms with E-state index >= 15 is 0 Å². The minimum atomic E-state index is -0.215. The molecule has 3 nitrogen and oxygen atoms in total. The molecule has 3 rings (SSSR count).